The van der Waals surface area contributed by atoms with Crippen LogP contribution in [0, 0.1) is 12.7 Å². The van der Waals surface area contributed by atoms with Crippen LogP contribution in [0.1, 0.15) is 11.3 Å². The van der Waals surface area contributed by atoms with Crippen LogP contribution in [0.4, 0.5) is 4.39 Å². The number of rotatable bonds is 4. The lowest BCUT2D eigenvalue weighted by Gasteiger charge is -2.17. The Balaban J connectivity index is 2.30. The summed E-state index contributed by atoms with van der Waals surface area (Å²) in [5.74, 6) is -0.484. The third kappa shape index (κ3) is 3.09. The first-order valence-electron chi connectivity index (χ1n) is 6.13. The van der Waals surface area contributed by atoms with Crippen molar-refractivity contribution in [3.05, 3.63) is 46.5 Å². The minimum absolute atomic E-state index is 0.0315. The molecule has 0 aliphatic carbocycles. The second-order valence-corrected chi connectivity index (χ2v) is 7.10. The summed E-state index contributed by atoms with van der Waals surface area (Å²) < 4.78 is 40.4. The minimum Gasteiger partial charge on any atom is -0.256 e. The van der Waals surface area contributed by atoms with Crippen molar-refractivity contribution in [2.45, 2.75) is 18.4 Å². The summed E-state index contributed by atoms with van der Waals surface area (Å²) in [5, 5.41) is 4.54. The number of aryl methyl sites for hydroxylation is 2. The van der Waals surface area contributed by atoms with Gasteiger partial charge in [-0.25, -0.2) is 12.8 Å². The summed E-state index contributed by atoms with van der Waals surface area (Å²) >= 11 is 6.10. The molecule has 21 heavy (non-hydrogen) atoms. The van der Waals surface area contributed by atoms with E-state index in [1.807, 2.05) is 0 Å². The van der Waals surface area contributed by atoms with Gasteiger partial charge in [-0.1, -0.05) is 11.6 Å². The van der Waals surface area contributed by atoms with Gasteiger partial charge in [0.1, 0.15) is 11.0 Å². The zero-order valence-corrected chi connectivity index (χ0v) is 13.4. The van der Waals surface area contributed by atoms with E-state index in [1.54, 1.807) is 14.0 Å². The average Bonchev–Trinajstić information content (AvgIpc) is 2.65. The summed E-state index contributed by atoms with van der Waals surface area (Å²) in [6, 6.07) is 4.70. The lowest BCUT2D eigenvalue weighted by Crippen LogP contribution is -2.26. The maximum Gasteiger partial charge on any atom is 0.243 e. The summed E-state index contributed by atoms with van der Waals surface area (Å²) in [4.78, 5) is 0.0315. The quantitative estimate of drug-likeness (QED) is 0.864. The van der Waals surface area contributed by atoms with Gasteiger partial charge < -0.3 is 0 Å². The van der Waals surface area contributed by atoms with E-state index in [0.29, 0.717) is 16.4 Å². The van der Waals surface area contributed by atoms with E-state index in [-0.39, 0.29) is 11.4 Å². The molecule has 1 aromatic heterocycles. The summed E-state index contributed by atoms with van der Waals surface area (Å²) in [6.07, 6.45) is 0. The first-order chi connectivity index (χ1) is 9.73. The zero-order chi connectivity index (χ0) is 15.8. The topological polar surface area (TPSA) is 55.2 Å². The van der Waals surface area contributed by atoms with Gasteiger partial charge >= 0.3 is 0 Å². The number of halogens is 2. The predicted molar refractivity (Wildman–Crippen MR) is 78.0 cm³/mol. The van der Waals surface area contributed by atoms with E-state index < -0.39 is 15.8 Å². The van der Waals surface area contributed by atoms with Crippen LogP contribution >= 0.6 is 11.6 Å². The third-order valence-corrected chi connectivity index (χ3v) is 5.46. The lowest BCUT2D eigenvalue weighted by atomic mass is 10.3. The molecule has 1 aromatic carbocycles. The van der Waals surface area contributed by atoms with Gasteiger partial charge in [0.05, 0.1) is 10.6 Å². The van der Waals surface area contributed by atoms with Crippen LogP contribution in [0.2, 0.25) is 5.15 Å². The Labute approximate surface area is 128 Å². The fourth-order valence-electron chi connectivity index (χ4n) is 1.95. The van der Waals surface area contributed by atoms with Gasteiger partial charge in [0.15, 0.2) is 0 Å². The molecule has 1 heterocycles. The Kier molecular flexibility index (Phi) is 4.36. The van der Waals surface area contributed by atoms with Crippen molar-refractivity contribution in [2.75, 3.05) is 7.05 Å². The minimum atomic E-state index is -3.71. The molecule has 5 nitrogen and oxygen atoms in total. The SMILES string of the molecule is Cc1nn(C)c(Cl)c1CN(C)S(=O)(=O)c1ccc(F)cc1. The van der Waals surface area contributed by atoms with Crippen LogP contribution in [-0.4, -0.2) is 29.6 Å². The monoisotopic (exact) mass is 331 g/mol. The van der Waals surface area contributed by atoms with Gasteiger partial charge in [-0.3, -0.25) is 4.68 Å². The fraction of sp³-hybridized carbons (Fsp3) is 0.308. The van der Waals surface area contributed by atoms with Crippen LogP contribution in [0.25, 0.3) is 0 Å². The molecule has 0 atom stereocenters. The van der Waals surface area contributed by atoms with Gasteiger partial charge in [0, 0.05) is 26.2 Å². The van der Waals surface area contributed by atoms with E-state index in [4.69, 9.17) is 11.6 Å². The fourth-order valence-corrected chi connectivity index (χ4v) is 3.32. The molecule has 8 heteroatoms. The predicted octanol–water partition coefficient (Wildman–Crippen LogP) is 2.34. The molecular weight excluding hydrogens is 317 g/mol. The number of nitrogens with zero attached hydrogens (tertiary/aromatic N) is 3. The zero-order valence-electron chi connectivity index (χ0n) is 11.8. The molecule has 0 saturated heterocycles. The Bertz CT molecular complexity index is 756. The highest BCUT2D eigenvalue weighted by Crippen LogP contribution is 2.23. The van der Waals surface area contributed by atoms with Gasteiger partial charge in [-0.2, -0.15) is 9.40 Å². The summed E-state index contributed by atoms with van der Waals surface area (Å²) in [5.41, 5.74) is 1.32. The van der Waals surface area contributed by atoms with Crippen LogP contribution in [-0.2, 0) is 23.6 Å². The Morgan fingerprint density at radius 2 is 1.90 bits per heavy atom. The van der Waals surface area contributed by atoms with Crippen molar-refractivity contribution in [2.24, 2.45) is 7.05 Å². The lowest BCUT2D eigenvalue weighted by molar-refractivity contribution is 0.466. The van der Waals surface area contributed by atoms with E-state index >= 15 is 0 Å². The maximum atomic E-state index is 12.9. The van der Waals surface area contributed by atoms with E-state index in [2.05, 4.69) is 5.10 Å². The molecule has 0 fully saturated rings. The first-order valence-corrected chi connectivity index (χ1v) is 7.95. The second-order valence-electron chi connectivity index (χ2n) is 4.69. The van der Waals surface area contributed by atoms with E-state index in [1.165, 1.54) is 23.9 Å². The molecular formula is C13H15ClFN3O2S. The number of hydrogen-bond acceptors (Lipinski definition) is 3. The molecule has 0 N–H and O–H groups in total. The van der Waals surface area contributed by atoms with E-state index in [0.717, 1.165) is 16.4 Å². The summed E-state index contributed by atoms with van der Waals surface area (Å²) in [7, 11) is -0.574. The van der Waals surface area contributed by atoms with E-state index in [9.17, 15) is 12.8 Å². The first kappa shape index (κ1) is 15.9. The van der Waals surface area contributed by atoms with Crippen LogP contribution in [0.3, 0.4) is 0 Å². The molecule has 0 aliphatic rings. The largest absolute Gasteiger partial charge is 0.256 e. The molecule has 0 bridgehead atoms. The highest BCUT2D eigenvalue weighted by molar-refractivity contribution is 7.89. The van der Waals surface area contributed by atoms with Gasteiger partial charge in [0.25, 0.3) is 0 Å². The Morgan fingerprint density at radius 1 is 1.33 bits per heavy atom. The smallest absolute Gasteiger partial charge is 0.243 e. The molecule has 0 unspecified atom stereocenters. The number of aromatic nitrogens is 2. The van der Waals surface area contributed by atoms with Gasteiger partial charge in [-0.15, -0.1) is 0 Å². The van der Waals surface area contributed by atoms with Crippen molar-refractivity contribution in [3.8, 4) is 0 Å². The number of sulfonamides is 1. The third-order valence-electron chi connectivity index (χ3n) is 3.17. The summed E-state index contributed by atoms with van der Waals surface area (Å²) in [6.45, 7) is 1.86. The van der Waals surface area contributed by atoms with Crippen molar-refractivity contribution in [1.29, 1.82) is 0 Å². The van der Waals surface area contributed by atoms with Gasteiger partial charge in [0.2, 0.25) is 10.0 Å². The highest BCUT2D eigenvalue weighted by Gasteiger charge is 2.23. The standard InChI is InChI=1S/C13H15ClFN3O2S/c1-9-12(13(14)18(3)16-9)8-17(2)21(19,20)11-6-4-10(15)5-7-11/h4-7H,8H2,1-3H3. The molecule has 114 valence electrons. The molecule has 0 radical (unpaired) electrons. The number of hydrogen-bond donors (Lipinski definition) is 0. The van der Waals surface area contributed by atoms with Gasteiger partial charge in [-0.05, 0) is 31.2 Å². The van der Waals surface area contributed by atoms with Crippen molar-refractivity contribution in [1.82, 2.24) is 14.1 Å². The molecule has 2 rings (SSSR count). The second kappa shape index (κ2) is 5.75. The molecule has 0 amide bonds. The molecule has 0 aliphatic heterocycles. The molecule has 2 aromatic rings. The molecule has 0 saturated carbocycles. The Hall–Kier alpha value is -1.44. The van der Waals surface area contributed by atoms with Crippen LogP contribution in [0.15, 0.2) is 29.2 Å². The highest BCUT2D eigenvalue weighted by atomic mass is 35.5. The van der Waals surface area contributed by atoms with Crippen LogP contribution in [0.5, 0.6) is 0 Å². The van der Waals surface area contributed by atoms with Crippen molar-refractivity contribution < 1.29 is 12.8 Å². The maximum absolute atomic E-state index is 12.9. The normalized spacial score (nSPS) is 12.1. The average molecular weight is 332 g/mol. The van der Waals surface area contributed by atoms with Crippen molar-refractivity contribution in [3.63, 3.8) is 0 Å². The van der Waals surface area contributed by atoms with Crippen molar-refractivity contribution >= 4 is 21.6 Å². The Morgan fingerprint density at radius 3 is 2.38 bits per heavy atom. The van der Waals surface area contributed by atoms with Crippen LogP contribution < -0.4 is 0 Å². The molecule has 0 spiro atoms. The number of benzene rings is 1.